The van der Waals surface area contributed by atoms with Crippen molar-refractivity contribution in [1.82, 2.24) is 20.2 Å². The number of carbonyl (C=O) groups is 3. The van der Waals surface area contributed by atoms with Crippen LogP contribution < -0.4 is 16.0 Å². The van der Waals surface area contributed by atoms with E-state index in [0.717, 1.165) is 16.0 Å². The average Bonchev–Trinajstić information content (AvgIpc) is 3.39. The number of carbonyl (C=O) groups excluding carboxylic acids is 3. The molecule has 4 amide bonds. The number of urea groups is 1. The molecule has 9 nitrogen and oxygen atoms in total. The second-order valence-electron chi connectivity index (χ2n) is 8.12. The van der Waals surface area contributed by atoms with Gasteiger partial charge in [-0.25, -0.2) is 14.8 Å². The number of benzene rings is 1. The maximum absolute atomic E-state index is 13.5. The highest BCUT2D eigenvalue weighted by molar-refractivity contribution is 7.07. The Morgan fingerprint density at radius 3 is 2.65 bits per heavy atom. The van der Waals surface area contributed by atoms with Gasteiger partial charge < -0.3 is 11.1 Å². The van der Waals surface area contributed by atoms with Crippen molar-refractivity contribution in [2.45, 2.75) is 31.8 Å². The number of nitrogens with zero attached hydrogens (tertiary/aromatic N) is 4. The van der Waals surface area contributed by atoms with Crippen LogP contribution in [-0.2, 0) is 16.0 Å². The van der Waals surface area contributed by atoms with Crippen LogP contribution in [0.25, 0.3) is 0 Å². The third-order valence-corrected chi connectivity index (χ3v) is 6.56. The van der Waals surface area contributed by atoms with Gasteiger partial charge >= 0.3 is 6.03 Å². The molecule has 4 rings (SSSR count). The highest BCUT2D eigenvalue weighted by Gasteiger charge is 2.55. The second kappa shape index (κ2) is 10.0. The lowest BCUT2D eigenvalue weighted by Crippen LogP contribution is -2.70. The molecule has 1 saturated heterocycles. The Morgan fingerprint density at radius 1 is 1.24 bits per heavy atom. The smallest absolute Gasteiger partial charge is 0.325 e. The van der Waals surface area contributed by atoms with Crippen molar-refractivity contribution in [1.29, 1.82) is 0 Å². The van der Waals surface area contributed by atoms with Crippen LogP contribution in [0.5, 0.6) is 0 Å². The molecule has 176 valence electrons. The fourth-order valence-electron chi connectivity index (χ4n) is 4.14. The molecule has 0 saturated carbocycles. The third-order valence-electron chi connectivity index (χ3n) is 5.99. The van der Waals surface area contributed by atoms with Crippen molar-refractivity contribution >= 4 is 40.8 Å². The number of likely N-dealkylation sites (tertiary alicyclic amines) is 1. The van der Waals surface area contributed by atoms with E-state index in [0.29, 0.717) is 18.1 Å². The van der Waals surface area contributed by atoms with Gasteiger partial charge in [-0.1, -0.05) is 37.3 Å². The van der Waals surface area contributed by atoms with Crippen LogP contribution in [0.4, 0.5) is 16.4 Å². The number of anilines is 2. The van der Waals surface area contributed by atoms with Gasteiger partial charge in [-0.3, -0.25) is 19.4 Å². The summed E-state index contributed by atoms with van der Waals surface area (Å²) in [4.78, 5) is 50.4. The van der Waals surface area contributed by atoms with Crippen LogP contribution >= 0.6 is 11.3 Å². The first kappa shape index (κ1) is 23.4. The number of rotatable bonds is 7. The molecule has 1 fully saturated rings. The first-order valence-corrected chi connectivity index (χ1v) is 11.9. The van der Waals surface area contributed by atoms with Crippen LogP contribution in [0.3, 0.4) is 0 Å². The van der Waals surface area contributed by atoms with Gasteiger partial charge in [0.25, 0.3) is 5.91 Å². The van der Waals surface area contributed by atoms with Crippen LogP contribution in [-0.4, -0.2) is 45.8 Å². The molecule has 3 atom stereocenters. The van der Waals surface area contributed by atoms with E-state index in [9.17, 15) is 14.4 Å². The minimum atomic E-state index is -0.957. The van der Waals surface area contributed by atoms with E-state index in [1.807, 2.05) is 37.3 Å². The van der Waals surface area contributed by atoms with Crippen LogP contribution in [0.2, 0.25) is 0 Å². The zero-order valence-electron chi connectivity index (χ0n) is 18.9. The first-order valence-electron chi connectivity index (χ1n) is 10.9. The Hall–Kier alpha value is -3.79. The lowest BCUT2D eigenvalue weighted by molar-refractivity contribution is -0.156. The van der Waals surface area contributed by atoms with Crippen molar-refractivity contribution in [3.8, 4) is 0 Å². The predicted octanol–water partition coefficient (Wildman–Crippen LogP) is 3.01. The summed E-state index contributed by atoms with van der Waals surface area (Å²) < 4.78 is 0. The summed E-state index contributed by atoms with van der Waals surface area (Å²) in [5.74, 6) is -0.675. The van der Waals surface area contributed by atoms with Gasteiger partial charge in [0.1, 0.15) is 17.7 Å². The maximum atomic E-state index is 13.5. The molecule has 3 N–H and O–H groups in total. The molecule has 1 aliphatic heterocycles. The van der Waals surface area contributed by atoms with Gasteiger partial charge in [0.05, 0.1) is 17.5 Å². The highest BCUT2D eigenvalue weighted by Crippen LogP contribution is 2.33. The molecule has 1 aromatic carbocycles. The monoisotopic (exact) mass is 478 g/mol. The number of β-lactam (4-membered cyclic amide) rings is 1. The first-order chi connectivity index (χ1) is 16.4. The summed E-state index contributed by atoms with van der Waals surface area (Å²) in [5.41, 5.74) is 9.11. The second-order valence-corrected chi connectivity index (χ2v) is 8.84. The van der Waals surface area contributed by atoms with Crippen molar-refractivity contribution in [3.63, 3.8) is 0 Å². The van der Waals surface area contributed by atoms with Crippen molar-refractivity contribution in [2.24, 2.45) is 5.92 Å². The van der Waals surface area contributed by atoms with Gasteiger partial charge in [-0.05, 0) is 36.1 Å². The van der Waals surface area contributed by atoms with Gasteiger partial charge in [-0.15, -0.1) is 11.3 Å². The average molecular weight is 479 g/mol. The molecule has 1 unspecified atom stereocenters. The van der Waals surface area contributed by atoms with Gasteiger partial charge in [-0.2, -0.15) is 0 Å². The molecule has 0 spiro atoms. The highest BCUT2D eigenvalue weighted by atomic mass is 32.1. The quantitative estimate of drug-likeness (QED) is 0.504. The molecule has 0 bridgehead atoms. The predicted molar refractivity (Wildman–Crippen MR) is 130 cm³/mol. The third kappa shape index (κ3) is 4.62. The van der Waals surface area contributed by atoms with E-state index in [1.165, 1.54) is 16.2 Å². The summed E-state index contributed by atoms with van der Waals surface area (Å²) in [7, 11) is 1.59. The maximum Gasteiger partial charge on any atom is 0.325 e. The number of likely N-dealkylation sites (N-methyl/N-ethyl adjacent to an activating group) is 1. The van der Waals surface area contributed by atoms with Gasteiger partial charge in [0, 0.05) is 18.6 Å². The lowest BCUT2D eigenvalue weighted by Gasteiger charge is -2.45. The number of nitrogens with one attached hydrogen (secondary N) is 1. The molecule has 3 aromatic rings. The standard InChI is InChI=1S/C24H26N6O3S/c1-3-18(16-7-5-4-6-8-16)28-24(33)30-21(23(32)29(2)20-13-34-14-27-20)17(22(30)31)11-15-9-10-26-19(25)12-15/h4-10,12-14,17-18,21H,3,11H2,1-2H3,(H2,25,26)(H,28,33)/t17-,18?,21+/m1/s1. The van der Waals surface area contributed by atoms with E-state index >= 15 is 0 Å². The van der Waals surface area contributed by atoms with Crippen molar-refractivity contribution in [2.75, 3.05) is 17.7 Å². The number of nitrogens with two attached hydrogens (primary N) is 1. The number of nitrogen functional groups attached to an aromatic ring is 1. The van der Waals surface area contributed by atoms with E-state index in [1.54, 1.807) is 36.3 Å². The molecule has 10 heteroatoms. The molecule has 2 aromatic heterocycles. The zero-order chi connectivity index (χ0) is 24.2. The summed E-state index contributed by atoms with van der Waals surface area (Å²) in [6.07, 6.45) is 2.46. The fourth-order valence-corrected chi connectivity index (χ4v) is 4.71. The van der Waals surface area contributed by atoms with Crippen LogP contribution in [0.15, 0.2) is 59.6 Å². The Labute approximate surface area is 201 Å². The Bertz CT molecular complexity index is 1170. The van der Waals surface area contributed by atoms with E-state index in [2.05, 4.69) is 15.3 Å². The largest absolute Gasteiger partial charge is 0.384 e. The SMILES string of the molecule is CCC(NC(=O)N1C(=O)[C@H](Cc2ccnc(N)c2)[C@H]1C(=O)N(C)c1cscn1)c1ccccc1. The number of hydrogen-bond acceptors (Lipinski definition) is 7. The summed E-state index contributed by atoms with van der Waals surface area (Å²) in [6, 6.07) is 11.1. The molecule has 0 aliphatic carbocycles. The molecule has 3 heterocycles. The Balaban J connectivity index is 1.58. The topological polar surface area (TPSA) is 122 Å². The van der Waals surface area contributed by atoms with Crippen molar-refractivity contribution in [3.05, 3.63) is 70.7 Å². The number of aromatic nitrogens is 2. The van der Waals surface area contributed by atoms with Gasteiger partial charge in [0.15, 0.2) is 0 Å². The van der Waals surface area contributed by atoms with Crippen LogP contribution in [0.1, 0.15) is 30.5 Å². The number of imide groups is 1. The number of pyridine rings is 1. The minimum Gasteiger partial charge on any atom is -0.384 e. The lowest BCUT2D eigenvalue weighted by atomic mass is 9.81. The van der Waals surface area contributed by atoms with Crippen LogP contribution in [0, 0.1) is 5.92 Å². The molecule has 34 heavy (non-hydrogen) atoms. The summed E-state index contributed by atoms with van der Waals surface area (Å²) >= 11 is 1.36. The number of amides is 4. The number of hydrogen-bond donors (Lipinski definition) is 2. The molecular formula is C24H26N6O3S. The van der Waals surface area contributed by atoms with Gasteiger partial charge in [0.2, 0.25) is 5.91 Å². The number of thiazole rings is 1. The summed E-state index contributed by atoms with van der Waals surface area (Å²) in [5, 5.41) is 4.66. The molecular weight excluding hydrogens is 452 g/mol. The Morgan fingerprint density at radius 2 is 2.00 bits per heavy atom. The zero-order valence-corrected chi connectivity index (χ0v) is 19.7. The fraction of sp³-hybridized carbons (Fsp3) is 0.292. The van der Waals surface area contributed by atoms with E-state index < -0.39 is 23.9 Å². The molecule has 1 aliphatic rings. The normalized spacial score (nSPS) is 18.2. The minimum absolute atomic E-state index is 0.270. The summed E-state index contributed by atoms with van der Waals surface area (Å²) in [6.45, 7) is 1.95. The Kier molecular flexibility index (Phi) is 6.87. The van der Waals surface area contributed by atoms with E-state index in [4.69, 9.17) is 5.73 Å². The molecule has 0 radical (unpaired) electrons. The van der Waals surface area contributed by atoms with Crippen molar-refractivity contribution < 1.29 is 14.4 Å². The van der Waals surface area contributed by atoms with E-state index in [-0.39, 0.29) is 18.4 Å².